The number of carbonyl (C=O) groups excluding carboxylic acids is 1. The number of nitrogens with zero attached hydrogens (tertiary/aromatic N) is 1. The zero-order chi connectivity index (χ0) is 28.9. The molecule has 2 aromatic carbocycles. The van der Waals surface area contributed by atoms with E-state index in [1.54, 1.807) is 24.3 Å². The van der Waals surface area contributed by atoms with Gasteiger partial charge in [0.05, 0.1) is 29.9 Å². The third kappa shape index (κ3) is 7.06. The Balaban J connectivity index is 1.48. The van der Waals surface area contributed by atoms with Crippen LogP contribution in [0.15, 0.2) is 48.7 Å². The van der Waals surface area contributed by atoms with Crippen molar-refractivity contribution in [2.75, 3.05) is 34.7 Å². The van der Waals surface area contributed by atoms with Crippen molar-refractivity contribution in [1.29, 1.82) is 5.41 Å². The molecule has 212 valence electrons. The number of ether oxygens (including phenoxy) is 3. The lowest BCUT2D eigenvalue weighted by atomic mass is 10.0. The van der Waals surface area contributed by atoms with Crippen molar-refractivity contribution in [1.82, 2.24) is 4.98 Å². The Hall–Kier alpha value is -3.74. The standard InChI is InChI=1S/C28H31F2N5O4S/c1-4-10-40-35-22-9-8-21(29)23(24(22)30)27(36)34-17-12-20(26(32)33-13-17)25(31)16-6-5-7-18(11-16)37-14-19-15-38-28(2,3)39-19/h5-9,11-13,19,31,35H,4,10,14-15H2,1-3H3,(H2,32,33)(H,34,36). The molecule has 2 heterocycles. The second-order valence-electron chi connectivity index (χ2n) is 9.51. The molecule has 5 N–H and O–H groups in total. The van der Waals surface area contributed by atoms with Gasteiger partial charge in [-0.2, -0.15) is 0 Å². The van der Waals surface area contributed by atoms with Crippen LogP contribution in [0.2, 0.25) is 0 Å². The predicted molar refractivity (Wildman–Crippen MR) is 152 cm³/mol. The summed E-state index contributed by atoms with van der Waals surface area (Å²) >= 11 is 1.25. The summed E-state index contributed by atoms with van der Waals surface area (Å²) in [5.74, 6) is -2.40. The van der Waals surface area contributed by atoms with Crippen LogP contribution in [0, 0.1) is 17.0 Å². The van der Waals surface area contributed by atoms with Crippen LogP contribution >= 0.6 is 11.9 Å². The number of pyridine rings is 1. The van der Waals surface area contributed by atoms with Crippen LogP contribution in [0.5, 0.6) is 5.75 Å². The molecule has 1 unspecified atom stereocenters. The number of benzene rings is 2. The fraction of sp³-hybridized carbons (Fsp3) is 0.321. The second-order valence-corrected chi connectivity index (χ2v) is 10.4. The number of rotatable bonds is 11. The summed E-state index contributed by atoms with van der Waals surface area (Å²) < 4.78 is 49.4. The van der Waals surface area contributed by atoms with Crippen molar-refractivity contribution >= 4 is 40.8 Å². The van der Waals surface area contributed by atoms with Gasteiger partial charge in [-0.15, -0.1) is 0 Å². The minimum absolute atomic E-state index is 0.000676. The number of aromatic nitrogens is 1. The lowest BCUT2D eigenvalue weighted by molar-refractivity contribution is -0.141. The molecule has 0 saturated carbocycles. The van der Waals surface area contributed by atoms with Crippen molar-refractivity contribution in [3.63, 3.8) is 0 Å². The van der Waals surface area contributed by atoms with Crippen molar-refractivity contribution < 1.29 is 27.8 Å². The monoisotopic (exact) mass is 571 g/mol. The largest absolute Gasteiger partial charge is 0.491 e. The maximum atomic E-state index is 15.0. The van der Waals surface area contributed by atoms with Crippen molar-refractivity contribution in [3.8, 4) is 5.75 Å². The summed E-state index contributed by atoms with van der Waals surface area (Å²) in [6.07, 6.45) is 1.89. The number of nitrogens with two attached hydrogens (primary N) is 1. The van der Waals surface area contributed by atoms with Gasteiger partial charge in [0.15, 0.2) is 11.6 Å². The van der Waals surface area contributed by atoms with Crippen LogP contribution in [0.3, 0.4) is 0 Å². The number of carbonyl (C=O) groups is 1. The van der Waals surface area contributed by atoms with E-state index in [2.05, 4.69) is 15.0 Å². The highest BCUT2D eigenvalue weighted by Gasteiger charge is 2.33. The van der Waals surface area contributed by atoms with E-state index >= 15 is 0 Å². The van der Waals surface area contributed by atoms with Crippen molar-refractivity contribution in [2.45, 2.75) is 39.1 Å². The molecule has 0 aliphatic carbocycles. The molecule has 1 amide bonds. The molecule has 0 bridgehead atoms. The first kappa shape index (κ1) is 29.2. The Bertz CT molecular complexity index is 1410. The van der Waals surface area contributed by atoms with Crippen molar-refractivity contribution in [3.05, 3.63) is 77.0 Å². The summed E-state index contributed by atoms with van der Waals surface area (Å²) in [6, 6.07) is 10.6. The van der Waals surface area contributed by atoms with E-state index in [0.717, 1.165) is 12.5 Å². The molecule has 3 aromatic rings. The van der Waals surface area contributed by atoms with Crippen LogP contribution in [0.25, 0.3) is 0 Å². The Morgan fingerprint density at radius 1 is 1.27 bits per heavy atom. The van der Waals surface area contributed by atoms with Gasteiger partial charge in [0.1, 0.15) is 35.7 Å². The van der Waals surface area contributed by atoms with Gasteiger partial charge in [-0.05, 0) is 50.6 Å². The highest BCUT2D eigenvalue weighted by molar-refractivity contribution is 8.00. The lowest BCUT2D eigenvalue weighted by Crippen LogP contribution is -2.25. The smallest absolute Gasteiger partial charge is 0.261 e. The van der Waals surface area contributed by atoms with Crippen molar-refractivity contribution in [2.24, 2.45) is 0 Å². The van der Waals surface area contributed by atoms with E-state index in [-0.39, 0.29) is 41.2 Å². The van der Waals surface area contributed by atoms with Gasteiger partial charge in [0, 0.05) is 16.9 Å². The van der Waals surface area contributed by atoms with E-state index in [9.17, 15) is 13.6 Å². The first-order valence-corrected chi connectivity index (χ1v) is 13.6. The molecule has 0 spiro atoms. The molecule has 1 saturated heterocycles. The Labute approximate surface area is 235 Å². The zero-order valence-electron chi connectivity index (χ0n) is 22.3. The minimum atomic E-state index is -1.01. The normalized spacial score (nSPS) is 16.0. The number of hydrogen-bond donors (Lipinski definition) is 4. The van der Waals surface area contributed by atoms with E-state index in [4.69, 9.17) is 25.4 Å². The molecule has 1 fully saturated rings. The second kappa shape index (κ2) is 12.6. The van der Waals surface area contributed by atoms with Gasteiger partial charge < -0.3 is 30.0 Å². The Morgan fingerprint density at radius 3 is 2.80 bits per heavy atom. The number of amides is 1. The zero-order valence-corrected chi connectivity index (χ0v) is 23.2. The van der Waals surface area contributed by atoms with E-state index in [0.29, 0.717) is 23.7 Å². The molecule has 1 aliphatic heterocycles. The van der Waals surface area contributed by atoms with Gasteiger partial charge in [0.25, 0.3) is 5.91 Å². The lowest BCUT2D eigenvalue weighted by Gasteiger charge is -2.17. The topological polar surface area (TPSA) is 132 Å². The molecular formula is C28H31F2N5O4S. The van der Waals surface area contributed by atoms with E-state index in [1.807, 2.05) is 20.8 Å². The molecule has 9 nitrogen and oxygen atoms in total. The number of hydrogen-bond acceptors (Lipinski definition) is 9. The van der Waals surface area contributed by atoms with Gasteiger partial charge in [-0.1, -0.05) is 31.0 Å². The average molecular weight is 572 g/mol. The third-order valence-electron chi connectivity index (χ3n) is 5.88. The van der Waals surface area contributed by atoms with E-state index < -0.39 is 28.9 Å². The highest BCUT2D eigenvalue weighted by atomic mass is 32.2. The fourth-order valence-corrected chi connectivity index (χ4v) is 4.56. The number of anilines is 3. The first-order chi connectivity index (χ1) is 19.1. The van der Waals surface area contributed by atoms with Crippen LogP contribution in [-0.4, -0.2) is 47.5 Å². The SMILES string of the molecule is CCCSNc1ccc(F)c(C(=O)Nc2cnc(N)c(C(=N)c3cccc(OCC4COC(C)(C)O4)c3)c2)c1F. The maximum absolute atomic E-state index is 15.0. The predicted octanol–water partition coefficient (Wildman–Crippen LogP) is 5.61. The minimum Gasteiger partial charge on any atom is -0.491 e. The Morgan fingerprint density at radius 2 is 2.08 bits per heavy atom. The summed E-state index contributed by atoms with van der Waals surface area (Å²) in [6.45, 7) is 6.32. The molecule has 1 aliphatic rings. The van der Waals surface area contributed by atoms with Gasteiger partial charge in [0.2, 0.25) is 0 Å². The van der Waals surface area contributed by atoms with Gasteiger partial charge in [-0.25, -0.2) is 13.8 Å². The summed E-state index contributed by atoms with van der Waals surface area (Å²) in [5.41, 5.74) is 6.15. The molecule has 1 atom stereocenters. The summed E-state index contributed by atoms with van der Waals surface area (Å²) in [7, 11) is 0. The van der Waals surface area contributed by atoms with Gasteiger partial charge in [-0.3, -0.25) is 10.2 Å². The molecule has 0 radical (unpaired) electrons. The fourth-order valence-electron chi connectivity index (χ4n) is 3.94. The average Bonchev–Trinajstić information content (AvgIpc) is 3.28. The third-order valence-corrected chi connectivity index (χ3v) is 6.85. The molecule has 12 heteroatoms. The molecular weight excluding hydrogens is 540 g/mol. The number of nitrogens with one attached hydrogen (secondary N) is 3. The quantitative estimate of drug-likeness (QED) is 0.133. The van der Waals surface area contributed by atoms with Crippen LogP contribution in [0.4, 0.5) is 26.0 Å². The molecule has 4 rings (SSSR count). The maximum Gasteiger partial charge on any atom is 0.261 e. The molecule has 40 heavy (non-hydrogen) atoms. The van der Waals surface area contributed by atoms with Gasteiger partial charge >= 0.3 is 0 Å². The number of halogens is 2. The Kier molecular flexibility index (Phi) is 9.23. The van der Waals surface area contributed by atoms with Crippen LogP contribution in [-0.2, 0) is 9.47 Å². The van der Waals surface area contributed by atoms with E-state index in [1.165, 1.54) is 30.3 Å². The first-order valence-electron chi connectivity index (χ1n) is 12.6. The number of nitrogen functional groups attached to an aromatic ring is 1. The van der Waals surface area contributed by atoms with Crippen LogP contribution in [0.1, 0.15) is 48.7 Å². The summed E-state index contributed by atoms with van der Waals surface area (Å²) in [4.78, 5) is 16.9. The summed E-state index contributed by atoms with van der Waals surface area (Å²) in [5, 5.41) is 11.2. The van der Waals surface area contributed by atoms with Crippen LogP contribution < -0.4 is 20.5 Å². The molecule has 1 aromatic heterocycles. The highest BCUT2D eigenvalue weighted by Crippen LogP contribution is 2.27.